The Balaban J connectivity index is 1.23. The first-order valence-corrected chi connectivity index (χ1v) is 18.7. The van der Waals surface area contributed by atoms with Gasteiger partial charge in [-0.2, -0.15) is 5.06 Å². The van der Waals surface area contributed by atoms with E-state index in [0.717, 1.165) is 40.8 Å². The Morgan fingerprint density at radius 3 is 2.46 bits per heavy atom. The van der Waals surface area contributed by atoms with Gasteiger partial charge in [0, 0.05) is 49.4 Å². The lowest BCUT2D eigenvalue weighted by molar-refractivity contribution is -0.183. The van der Waals surface area contributed by atoms with E-state index in [1.54, 1.807) is 19.1 Å². The fraction of sp³-hybridized carbons (Fsp3) is 0.524. The van der Waals surface area contributed by atoms with Gasteiger partial charge in [-0.15, -0.1) is 0 Å². The highest BCUT2D eigenvalue weighted by Gasteiger charge is 2.57. The Hall–Kier alpha value is -3.96. The number of para-hydroxylation sites is 1. The van der Waals surface area contributed by atoms with Crippen LogP contribution in [-0.4, -0.2) is 85.7 Å². The molecule has 4 aliphatic rings. The highest BCUT2D eigenvalue weighted by atomic mass is 16.7. The van der Waals surface area contributed by atoms with E-state index in [1.165, 1.54) is 6.42 Å². The molecule has 1 aliphatic heterocycles. The molecule has 2 bridgehead atoms. The molecule has 10 heteroatoms. The molecule has 2 amide bonds. The van der Waals surface area contributed by atoms with Crippen LogP contribution in [0, 0.1) is 29.1 Å². The van der Waals surface area contributed by atoms with Crippen LogP contribution < -0.4 is 20.3 Å². The topological polar surface area (TPSA) is 124 Å². The van der Waals surface area contributed by atoms with E-state index in [0.29, 0.717) is 35.6 Å². The average molecular weight is 713 g/mol. The van der Waals surface area contributed by atoms with Gasteiger partial charge in [0.25, 0.3) is 5.91 Å². The third-order valence-corrected chi connectivity index (χ3v) is 12.3. The monoisotopic (exact) mass is 712 g/mol. The number of anilines is 1. The SMILES string of the molecule is COc1c(CN2O[C@@H](CO)[C@H]([C@H](C)O)[C@H]2C(=O)N[C@H]2C[C@@H]3C[C@H]([C@@H]2C)C3(C)C)cccc1-c1ccc(C(=O)NCCc2ccccc2)c(N(C)C)c1. The summed E-state index contributed by atoms with van der Waals surface area (Å²) in [5, 5.41) is 29.2. The maximum absolute atomic E-state index is 14.2. The summed E-state index contributed by atoms with van der Waals surface area (Å²) < 4.78 is 6.03. The summed E-state index contributed by atoms with van der Waals surface area (Å²) in [5.74, 6) is 1.13. The molecule has 10 nitrogen and oxygen atoms in total. The maximum atomic E-state index is 14.2. The minimum atomic E-state index is -0.888. The first kappa shape index (κ1) is 37.8. The van der Waals surface area contributed by atoms with Gasteiger partial charge in [-0.05, 0) is 72.6 Å². The second kappa shape index (κ2) is 15.6. The predicted molar refractivity (Wildman–Crippen MR) is 203 cm³/mol. The molecular weight excluding hydrogens is 656 g/mol. The standard InChI is InChI=1S/C42H56N4O6/c1-25-33-21-30(42(33,3)4)22-34(25)44-41(50)38-37(26(2)48)36(24-47)52-46(38)23-29-14-11-15-31(39(29)51-7)28-16-17-32(35(20-28)45(5)6)40(49)43-19-18-27-12-9-8-10-13-27/h8-17,20,25-26,30,33-34,36-38,47-48H,18-19,21-24H2,1-7H3,(H,43,49)(H,44,50)/t25-,26-,30-,33+,34-,36-,37-,38-/m0/s1. The van der Waals surface area contributed by atoms with E-state index in [-0.39, 0.29) is 36.4 Å². The molecule has 0 unspecified atom stereocenters. The number of fused-ring (bicyclic) bond motifs is 2. The van der Waals surface area contributed by atoms with Gasteiger partial charge >= 0.3 is 0 Å². The van der Waals surface area contributed by atoms with E-state index < -0.39 is 24.2 Å². The lowest BCUT2D eigenvalue weighted by Gasteiger charge is -2.62. The summed E-state index contributed by atoms with van der Waals surface area (Å²) >= 11 is 0. The van der Waals surface area contributed by atoms with Crippen LogP contribution in [0.3, 0.4) is 0 Å². The van der Waals surface area contributed by atoms with E-state index in [4.69, 9.17) is 9.57 Å². The van der Waals surface area contributed by atoms with Crippen molar-refractivity contribution in [2.45, 2.75) is 77.8 Å². The summed E-state index contributed by atoms with van der Waals surface area (Å²) in [6, 6.07) is 20.9. The van der Waals surface area contributed by atoms with Gasteiger partial charge in [0.2, 0.25) is 5.91 Å². The number of hydrogen-bond acceptors (Lipinski definition) is 8. The number of benzene rings is 3. The van der Waals surface area contributed by atoms with Gasteiger partial charge in [0.15, 0.2) is 0 Å². The fourth-order valence-corrected chi connectivity index (χ4v) is 9.15. The quantitative estimate of drug-likeness (QED) is 0.194. The number of amides is 2. The lowest BCUT2D eigenvalue weighted by Crippen LogP contribution is -2.62. The van der Waals surface area contributed by atoms with Crippen LogP contribution in [0.5, 0.6) is 5.75 Å². The summed E-state index contributed by atoms with van der Waals surface area (Å²) in [6.45, 7) is 8.95. The van der Waals surface area contributed by atoms with Gasteiger partial charge in [-0.3, -0.25) is 14.4 Å². The molecule has 1 heterocycles. The number of methoxy groups -OCH3 is 1. The highest BCUT2D eigenvalue weighted by molar-refractivity contribution is 6.00. The fourth-order valence-electron chi connectivity index (χ4n) is 9.15. The van der Waals surface area contributed by atoms with Gasteiger partial charge in [0.05, 0.1) is 31.9 Å². The van der Waals surface area contributed by atoms with Gasteiger partial charge in [0.1, 0.15) is 17.9 Å². The number of rotatable bonds is 13. The molecule has 3 aromatic rings. The summed E-state index contributed by atoms with van der Waals surface area (Å²) in [6.07, 6.45) is 1.26. The first-order valence-electron chi connectivity index (χ1n) is 18.7. The third-order valence-electron chi connectivity index (χ3n) is 12.3. The number of nitrogens with one attached hydrogen (secondary N) is 2. The van der Waals surface area contributed by atoms with Crippen molar-refractivity contribution in [1.29, 1.82) is 0 Å². The van der Waals surface area contributed by atoms with Crippen LogP contribution in [0.1, 0.15) is 62.0 Å². The molecule has 3 aliphatic carbocycles. The smallest absolute Gasteiger partial charge is 0.253 e. The Kier molecular flexibility index (Phi) is 11.3. The van der Waals surface area contributed by atoms with Crippen molar-refractivity contribution in [3.05, 3.63) is 83.4 Å². The van der Waals surface area contributed by atoms with Crippen molar-refractivity contribution < 1.29 is 29.4 Å². The van der Waals surface area contributed by atoms with Gasteiger partial charge in [-0.25, -0.2) is 0 Å². The summed E-state index contributed by atoms with van der Waals surface area (Å²) in [4.78, 5) is 35.7. The zero-order valence-electron chi connectivity index (χ0n) is 31.6. The van der Waals surface area contributed by atoms with Gasteiger partial charge in [-0.1, -0.05) is 75.4 Å². The Labute approximate surface area is 308 Å². The van der Waals surface area contributed by atoms with Crippen molar-refractivity contribution in [3.8, 4) is 16.9 Å². The van der Waals surface area contributed by atoms with Crippen molar-refractivity contribution >= 4 is 17.5 Å². The van der Waals surface area contributed by atoms with Crippen LogP contribution in [0.2, 0.25) is 0 Å². The van der Waals surface area contributed by atoms with Crippen LogP contribution >= 0.6 is 0 Å². The second-order valence-electron chi connectivity index (χ2n) is 15.9. The molecule has 3 aromatic carbocycles. The van der Waals surface area contributed by atoms with Crippen molar-refractivity contribution in [2.24, 2.45) is 29.1 Å². The largest absolute Gasteiger partial charge is 0.496 e. The molecule has 1 saturated heterocycles. The molecule has 3 saturated carbocycles. The Morgan fingerprint density at radius 2 is 1.83 bits per heavy atom. The number of aliphatic hydroxyl groups excluding tert-OH is 2. The zero-order valence-corrected chi connectivity index (χ0v) is 31.6. The van der Waals surface area contributed by atoms with E-state index in [2.05, 4.69) is 43.5 Å². The predicted octanol–water partition coefficient (Wildman–Crippen LogP) is 5.06. The Morgan fingerprint density at radius 1 is 1.08 bits per heavy atom. The molecular formula is C42H56N4O6. The number of hydrogen-bond donors (Lipinski definition) is 4. The van der Waals surface area contributed by atoms with Crippen LogP contribution in [-0.2, 0) is 22.6 Å². The second-order valence-corrected chi connectivity index (χ2v) is 15.9. The maximum Gasteiger partial charge on any atom is 0.253 e. The molecule has 4 fully saturated rings. The lowest BCUT2D eigenvalue weighted by atomic mass is 9.45. The molecule has 0 spiro atoms. The number of carbonyl (C=O) groups is 2. The van der Waals surface area contributed by atoms with Crippen molar-refractivity contribution in [1.82, 2.24) is 15.7 Å². The number of ether oxygens (including phenoxy) is 1. The third kappa shape index (κ3) is 7.31. The zero-order chi connectivity index (χ0) is 37.3. The number of nitrogens with zero attached hydrogens (tertiary/aromatic N) is 2. The molecule has 0 radical (unpaired) electrons. The normalized spacial score (nSPS) is 27.0. The van der Waals surface area contributed by atoms with Crippen molar-refractivity contribution in [2.75, 3.05) is 39.3 Å². The molecule has 4 N–H and O–H groups in total. The molecule has 8 atom stereocenters. The van der Waals surface area contributed by atoms with Crippen LogP contribution in [0.25, 0.3) is 11.1 Å². The highest BCUT2D eigenvalue weighted by Crippen LogP contribution is 2.61. The summed E-state index contributed by atoms with van der Waals surface area (Å²) in [5.41, 5.74) is 5.26. The number of carbonyl (C=O) groups excluding carboxylic acids is 2. The Bertz CT molecular complexity index is 1730. The molecule has 280 valence electrons. The van der Waals surface area contributed by atoms with E-state index in [1.807, 2.05) is 73.6 Å². The molecule has 0 aromatic heterocycles. The summed E-state index contributed by atoms with van der Waals surface area (Å²) in [7, 11) is 5.44. The van der Waals surface area contributed by atoms with E-state index >= 15 is 0 Å². The first-order chi connectivity index (χ1) is 24.8. The number of hydroxylamine groups is 2. The van der Waals surface area contributed by atoms with E-state index in [9.17, 15) is 19.8 Å². The van der Waals surface area contributed by atoms with Gasteiger partial charge < -0.3 is 30.5 Å². The van der Waals surface area contributed by atoms with Crippen molar-refractivity contribution in [3.63, 3.8) is 0 Å². The average Bonchev–Trinajstić information content (AvgIpc) is 3.50. The van der Waals surface area contributed by atoms with Crippen LogP contribution in [0.15, 0.2) is 66.7 Å². The number of aliphatic hydroxyl groups is 2. The molecule has 7 rings (SSSR count). The minimum Gasteiger partial charge on any atom is -0.496 e. The molecule has 52 heavy (non-hydrogen) atoms. The van der Waals surface area contributed by atoms with Crippen LogP contribution in [0.4, 0.5) is 5.69 Å². The minimum absolute atomic E-state index is 0.0478.